The van der Waals surface area contributed by atoms with Crippen LogP contribution in [0.1, 0.15) is 16.5 Å². The quantitative estimate of drug-likeness (QED) is 0.818. The molecule has 0 bridgehead atoms. The van der Waals surface area contributed by atoms with Gasteiger partial charge in [0.2, 0.25) is 0 Å². The smallest absolute Gasteiger partial charge is 0.320 e. The highest BCUT2D eigenvalue weighted by Crippen LogP contribution is 2.37. The molecule has 1 nitrogen and oxygen atoms in total. The van der Waals surface area contributed by atoms with Gasteiger partial charge in [-0.15, -0.1) is 23.7 Å². The molecule has 1 heterocycles. The molecule has 0 amide bonds. The van der Waals surface area contributed by atoms with E-state index in [-0.39, 0.29) is 35.1 Å². The molecule has 1 aromatic carbocycles. The van der Waals surface area contributed by atoms with Crippen LogP contribution < -0.4 is 5.73 Å². The summed E-state index contributed by atoms with van der Waals surface area (Å²) in [5, 5.41) is 1.92. The molecule has 0 fully saturated rings. The maximum Gasteiger partial charge on any atom is 0.446 e. The van der Waals surface area contributed by atoms with E-state index < -0.39 is 5.51 Å². The zero-order valence-electron chi connectivity index (χ0n) is 9.55. The average molecular weight is 326 g/mol. The van der Waals surface area contributed by atoms with Crippen molar-refractivity contribution in [2.45, 2.75) is 16.4 Å². The first-order valence-corrected chi connectivity index (χ1v) is 6.80. The molecule has 0 aliphatic rings. The fourth-order valence-electron chi connectivity index (χ4n) is 1.51. The number of thiophene rings is 1. The summed E-state index contributed by atoms with van der Waals surface area (Å²) in [7, 11) is 0. The third-order valence-electron chi connectivity index (χ3n) is 2.32. The highest BCUT2D eigenvalue weighted by Gasteiger charge is 2.29. The summed E-state index contributed by atoms with van der Waals surface area (Å²) in [5.74, 6) is 0. The number of halogens is 4. The maximum atomic E-state index is 12.2. The summed E-state index contributed by atoms with van der Waals surface area (Å²) in [6.07, 6.45) is 0. The lowest BCUT2D eigenvalue weighted by Crippen LogP contribution is -2.09. The number of hydrogen-bond donors (Lipinski definition) is 1. The van der Waals surface area contributed by atoms with Crippen molar-refractivity contribution >= 4 is 35.5 Å². The Bertz CT molecular complexity index is 497. The summed E-state index contributed by atoms with van der Waals surface area (Å²) in [4.78, 5) is 1.16. The highest BCUT2D eigenvalue weighted by atomic mass is 35.5. The monoisotopic (exact) mass is 325 g/mol. The summed E-state index contributed by atoms with van der Waals surface area (Å²) in [5.41, 5.74) is 2.58. The molecule has 0 spiro atoms. The van der Waals surface area contributed by atoms with E-state index >= 15 is 0 Å². The molecule has 0 unspecified atom stereocenters. The second-order valence-corrected chi connectivity index (χ2v) is 5.73. The van der Waals surface area contributed by atoms with Crippen LogP contribution >= 0.6 is 35.5 Å². The minimum atomic E-state index is -4.25. The predicted molar refractivity (Wildman–Crippen MR) is 76.0 cm³/mol. The van der Waals surface area contributed by atoms with Crippen molar-refractivity contribution < 1.29 is 13.2 Å². The summed E-state index contributed by atoms with van der Waals surface area (Å²) in [6.45, 7) is 0. The summed E-state index contributed by atoms with van der Waals surface area (Å²) in [6, 6.07) is 9.69. The van der Waals surface area contributed by atoms with Crippen LogP contribution in [0.15, 0.2) is 46.7 Å². The molecule has 0 radical (unpaired) electrons. The SMILES string of the molecule is Cl.N[C@@H](c1ccc(SC(F)(F)F)cc1)c1cccs1. The Morgan fingerprint density at radius 1 is 1.11 bits per heavy atom. The predicted octanol–water partition coefficient (Wildman–Crippen LogP) is 4.83. The molecule has 0 saturated heterocycles. The van der Waals surface area contributed by atoms with Crippen LogP contribution in [-0.2, 0) is 0 Å². The molecule has 7 heteroatoms. The highest BCUT2D eigenvalue weighted by molar-refractivity contribution is 8.00. The minimum Gasteiger partial charge on any atom is -0.320 e. The third kappa shape index (κ3) is 4.72. The normalized spacial score (nSPS) is 12.8. The van der Waals surface area contributed by atoms with Crippen molar-refractivity contribution in [1.82, 2.24) is 0 Å². The van der Waals surface area contributed by atoms with E-state index in [2.05, 4.69) is 0 Å². The van der Waals surface area contributed by atoms with Gasteiger partial charge in [0.15, 0.2) is 0 Å². The van der Waals surface area contributed by atoms with Crippen LogP contribution in [0.25, 0.3) is 0 Å². The Hall–Kier alpha value is -0.690. The molecule has 2 rings (SSSR count). The van der Waals surface area contributed by atoms with Crippen LogP contribution in [-0.4, -0.2) is 5.51 Å². The number of benzene rings is 1. The van der Waals surface area contributed by atoms with Crippen molar-refractivity contribution in [3.8, 4) is 0 Å². The van der Waals surface area contributed by atoms with Crippen LogP contribution in [0.5, 0.6) is 0 Å². The molecule has 2 N–H and O–H groups in total. The molecule has 0 aliphatic carbocycles. The van der Waals surface area contributed by atoms with Gasteiger partial charge in [-0.05, 0) is 40.9 Å². The van der Waals surface area contributed by atoms with Gasteiger partial charge < -0.3 is 5.73 Å². The first-order chi connectivity index (χ1) is 8.46. The molecule has 2 aromatic rings. The van der Waals surface area contributed by atoms with Crippen molar-refractivity contribution in [3.63, 3.8) is 0 Å². The molecule has 0 saturated carbocycles. The standard InChI is InChI=1S/C12H10F3NS2.ClH/c13-12(14,15)18-9-5-3-8(4-6-9)11(16)10-2-1-7-17-10;/h1-7,11H,16H2;1H/t11-;/m0./s1. The second kappa shape index (κ2) is 6.65. The van der Waals surface area contributed by atoms with E-state index in [1.165, 1.54) is 23.5 Å². The summed E-state index contributed by atoms with van der Waals surface area (Å²) < 4.78 is 36.5. The molecular formula is C12H11ClF3NS2. The van der Waals surface area contributed by atoms with Crippen molar-refractivity contribution in [2.75, 3.05) is 0 Å². The minimum absolute atomic E-state index is 0. The van der Waals surface area contributed by atoms with Gasteiger partial charge in [-0.3, -0.25) is 0 Å². The molecule has 104 valence electrons. The fraction of sp³-hybridized carbons (Fsp3) is 0.167. The van der Waals surface area contributed by atoms with Gasteiger partial charge >= 0.3 is 5.51 Å². The van der Waals surface area contributed by atoms with Gasteiger partial charge in [0, 0.05) is 9.77 Å². The van der Waals surface area contributed by atoms with Crippen LogP contribution in [0.2, 0.25) is 0 Å². The lowest BCUT2D eigenvalue weighted by atomic mass is 10.1. The Morgan fingerprint density at radius 3 is 2.21 bits per heavy atom. The van der Waals surface area contributed by atoms with E-state index in [9.17, 15) is 13.2 Å². The zero-order valence-corrected chi connectivity index (χ0v) is 12.0. The van der Waals surface area contributed by atoms with Gasteiger partial charge in [0.1, 0.15) is 0 Å². The Labute approximate surface area is 123 Å². The lowest BCUT2D eigenvalue weighted by Gasteiger charge is -2.11. The van der Waals surface area contributed by atoms with E-state index in [4.69, 9.17) is 5.73 Å². The zero-order chi connectivity index (χ0) is 13.2. The molecule has 1 atom stereocenters. The molecule has 0 aliphatic heterocycles. The summed E-state index contributed by atoms with van der Waals surface area (Å²) >= 11 is 1.41. The van der Waals surface area contributed by atoms with E-state index in [0.29, 0.717) is 0 Å². The average Bonchev–Trinajstić information content (AvgIpc) is 2.80. The third-order valence-corrected chi connectivity index (χ3v) is 4.02. The van der Waals surface area contributed by atoms with Gasteiger partial charge in [-0.1, -0.05) is 18.2 Å². The van der Waals surface area contributed by atoms with Gasteiger partial charge in [-0.2, -0.15) is 13.2 Å². The number of thioether (sulfide) groups is 1. The number of alkyl halides is 3. The lowest BCUT2D eigenvalue weighted by molar-refractivity contribution is -0.0328. The topological polar surface area (TPSA) is 26.0 Å². The van der Waals surface area contributed by atoms with E-state index in [1.54, 1.807) is 12.1 Å². The Kier molecular flexibility index (Phi) is 5.73. The first kappa shape index (κ1) is 16.4. The Morgan fingerprint density at radius 2 is 1.74 bits per heavy atom. The van der Waals surface area contributed by atoms with Gasteiger partial charge in [0.05, 0.1) is 6.04 Å². The van der Waals surface area contributed by atoms with Gasteiger partial charge in [-0.25, -0.2) is 0 Å². The Balaban J connectivity index is 0.00000180. The van der Waals surface area contributed by atoms with Crippen molar-refractivity contribution in [3.05, 3.63) is 52.2 Å². The van der Waals surface area contributed by atoms with Crippen LogP contribution in [0.4, 0.5) is 13.2 Å². The van der Waals surface area contributed by atoms with Crippen molar-refractivity contribution in [1.29, 1.82) is 0 Å². The van der Waals surface area contributed by atoms with Gasteiger partial charge in [0.25, 0.3) is 0 Å². The van der Waals surface area contributed by atoms with Crippen LogP contribution in [0.3, 0.4) is 0 Å². The number of nitrogens with two attached hydrogens (primary N) is 1. The molecule has 1 aromatic heterocycles. The van der Waals surface area contributed by atoms with Crippen LogP contribution in [0, 0.1) is 0 Å². The van der Waals surface area contributed by atoms with E-state index in [1.807, 2.05) is 17.5 Å². The molecule has 19 heavy (non-hydrogen) atoms. The first-order valence-electron chi connectivity index (χ1n) is 5.10. The molecular weight excluding hydrogens is 315 g/mol. The number of hydrogen-bond acceptors (Lipinski definition) is 3. The van der Waals surface area contributed by atoms with E-state index in [0.717, 1.165) is 10.4 Å². The fourth-order valence-corrected chi connectivity index (χ4v) is 2.80. The van der Waals surface area contributed by atoms with Crippen molar-refractivity contribution in [2.24, 2.45) is 5.73 Å². The maximum absolute atomic E-state index is 12.2. The number of rotatable bonds is 3. The largest absolute Gasteiger partial charge is 0.446 e. The second-order valence-electron chi connectivity index (χ2n) is 3.61.